The third-order valence-electron chi connectivity index (χ3n) is 6.30. The van der Waals surface area contributed by atoms with E-state index in [1.165, 1.54) is 18.6 Å². The topological polar surface area (TPSA) is 114 Å². The normalized spacial score (nSPS) is 18.8. The lowest BCUT2D eigenvalue weighted by atomic mass is 9.95. The zero-order valence-electron chi connectivity index (χ0n) is 19.1. The van der Waals surface area contributed by atoms with E-state index in [1.807, 2.05) is 18.2 Å². The molecule has 3 N–H and O–H groups in total. The van der Waals surface area contributed by atoms with Crippen molar-refractivity contribution < 1.29 is 22.9 Å². The summed E-state index contributed by atoms with van der Waals surface area (Å²) in [6.07, 6.45) is 3.95. The fraction of sp³-hybridized carbons (Fsp3) is 0.308. The molecule has 3 aromatic rings. The maximum atomic E-state index is 12.9. The Hall–Kier alpha value is -2.62. The number of carbonyl (C=O) groups excluding carboxylic acids is 1. The van der Waals surface area contributed by atoms with Gasteiger partial charge >= 0.3 is 0 Å². The van der Waals surface area contributed by atoms with Gasteiger partial charge in [0.25, 0.3) is 0 Å². The van der Waals surface area contributed by atoms with E-state index in [4.69, 9.17) is 16.7 Å². The maximum absolute atomic E-state index is 12.9. The van der Waals surface area contributed by atoms with Gasteiger partial charge in [0.05, 0.1) is 17.7 Å². The number of hydrogen-bond acceptors (Lipinski definition) is 6. The minimum Gasteiger partial charge on any atom is -0.768 e. The van der Waals surface area contributed by atoms with E-state index < -0.39 is 16.5 Å². The Kier molecular flexibility index (Phi) is 8.30. The Morgan fingerprint density at radius 3 is 2.43 bits per heavy atom. The number of nitrogens with one attached hydrogen (secondary N) is 2. The minimum atomic E-state index is -2.26. The molecule has 0 bridgehead atoms. The van der Waals surface area contributed by atoms with Crippen LogP contribution in [0.1, 0.15) is 35.5 Å². The van der Waals surface area contributed by atoms with Crippen LogP contribution >= 0.6 is 11.6 Å². The molecule has 190 valence electrons. The third kappa shape index (κ3) is 6.34. The zero-order chi connectivity index (χ0) is 24.8. The molecule has 1 unspecified atom stereocenters. The van der Waals surface area contributed by atoms with Gasteiger partial charge in [-0.3, -0.25) is 9.00 Å². The van der Waals surface area contributed by atoms with Crippen molar-refractivity contribution in [2.75, 3.05) is 18.5 Å². The van der Waals surface area contributed by atoms with Crippen LogP contribution in [0.3, 0.4) is 0 Å². The molecule has 5 rings (SSSR count). The first-order valence-corrected chi connectivity index (χ1v) is 12.9. The van der Waals surface area contributed by atoms with Gasteiger partial charge in [-0.1, -0.05) is 41.9 Å². The average Bonchev–Trinajstić information content (AvgIpc) is 3.52. The summed E-state index contributed by atoms with van der Waals surface area (Å²) in [5.74, 6) is 0.371. The van der Waals surface area contributed by atoms with Gasteiger partial charge in [-0.2, -0.15) is 0 Å². The van der Waals surface area contributed by atoms with Gasteiger partial charge in [0.1, 0.15) is 5.82 Å². The molecular formula is C26H33ClN3O4S-. The quantitative estimate of drug-likeness (QED) is 0.404. The highest BCUT2D eigenvalue weighted by atomic mass is 35.5. The molecule has 9 heteroatoms. The summed E-state index contributed by atoms with van der Waals surface area (Å²) in [5.41, 5.74) is 1.84. The molecule has 2 heterocycles. The van der Waals surface area contributed by atoms with Crippen molar-refractivity contribution in [3.63, 3.8) is 0 Å². The first kappa shape index (κ1) is 25.5. The second-order valence-corrected chi connectivity index (χ2v) is 10.1. The van der Waals surface area contributed by atoms with Crippen LogP contribution in [0.4, 0.5) is 5.82 Å². The summed E-state index contributed by atoms with van der Waals surface area (Å²) in [5, 5.41) is 15.2. The monoisotopic (exact) mass is 518 g/mol. The second-order valence-electron chi connectivity index (χ2n) is 8.69. The van der Waals surface area contributed by atoms with E-state index >= 15 is 0 Å². The molecule has 2 aliphatic rings. The number of nitrogens with zero attached hydrogens (tertiary/aromatic N) is 1. The van der Waals surface area contributed by atoms with Crippen LogP contribution in [0.5, 0.6) is 0 Å². The van der Waals surface area contributed by atoms with Gasteiger partial charge in [0, 0.05) is 25.8 Å². The van der Waals surface area contributed by atoms with E-state index in [0.29, 0.717) is 29.2 Å². The number of hydrogen-bond donors (Lipinski definition) is 3. The van der Waals surface area contributed by atoms with Crippen LogP contribution in [-0.4, -0.2) is 44.0 Å². The molecule has 0 radical (unpaired) electrons. The fourth-order valence-corrected chi connectivity index (χ4v) is 4.58. The van der Waals surface area contributed by atoms with Crippen LogP contribution < -0.4 is 10.6 Å². The Morgan fingerprint density at radius 1 is 1.17 bits per heavy atom. The van der Waals surface area contributed by atoms with Gasteiger partial charge in [0.2, 0.25) is 5.91 Å². The van der Waals surface area contributed by atoms with Crippen molar-refractivity contribution >= 4 is 34.4 Å². The summed E-state index contributed by atoms with van der Waals surface area (Å²) >= 11 is 3.69. The summed E-state index contributed by atoms with van der Waals surface area (Å²) in [6.45, 7) is 1.39. The third-order valence-corrected chi connectivity index (χ3v) is 7.21. The molecule has 1 saturated carbocycles. The summed E-state index contributed by atoms with van der Waals surface area (Å²) in [6, 6.07) is 19.5. The van der Waals surface area contributed by atoms with E-state index in [0.717, 1.165) is 36.9 Å². The van der Waals surface area contributed by atoms with E-state index in [1.54, 1.807) is 36.4 Å². The molecule has 35 heavy (non-hydrogen) atoms. The highest BCUT2D eigenvalue weighted by molar-refractivity contribution is 7.79. The summed E-state index contributed by atoms with van der Waals surface area (Å²) in [7, 11) is 0. The number of carbonyl (C=O) groups is 1. The van der Waals surface area contributed by atoms with Crippen molar-refractivity contribution in [2.45, 2.75) is 42.0 Å². The molecule has 7 nitrogen and oxygen atoms in total. The fourth-order valence-electron chi connectivity index (χ4n) is 4.09. The lowest BCUT2D eigenvalue weighted by Gasteiger charge is -2.16. The Labute approximate surface area is 216 Å². The smallest absolute Gasteiger partial charge is 0.236 e. The number of aliphatic hydroxyl groups excluding tert-OH is 1. The SMILES string of the molecule is O=C(Nc1cccc(-c2ccc(S(=O)[O-])cc2)n1)C1(c2ccc(Cl)cc2)CC1.OC[C@H]1CCCN1.[HH].[HH].[HH]. The molecule has 0 spiro atoms. The van der Waals surface area contributed by atoms with E-state index in [-0.39, 0.29) is 15.1 Å². The molecule has 2 atom stereocenters. The minimum absolute atomic E-state index is 0. The van der Waals surface area contributed by atoms with Crippen LogP contribution in [0.25, 0.3) is 11.3 Å². The van der Waals surface area contributed by atoms with Crippen molar-refractivity contribution in [3.8, 4) is 11.3 Å². The largest absolute Gasteiger partial charge is 0.768 e. The standard InChI is InChI=1S/C21H17ClN2O3S.C5H11NO.3H2/c22-16-8-6-15(7-9-16)21(12-13-21)20(25)24-19-3-1-2-18(23-19)14-4-10-17(11-5-14)28(26)27;7-4-5-2-1-3-6-5;;;/h1-11H,12-13H2,(H,26,27)(H,23,24,25);5-7H,1-4H2;3*1H/p-1/t;5-;;;/m.1.../s1. The lowest BCUT2D eigenvalue weighted by Crippen LogP contribution is -2.28. The average molecular weight is 519 g/mol. The first-order valence-electron chi connectivity index (χ1n) is 11.5. The van der Waals surface area contributed by atoms with Crippen molar-refractivity contribution in [2.24, 2.45) is 0 Å². The van der Waals surface area contributed by atoms with Crippen LogP contribution in [0.15, 0.2) is 71.6 Å². The molecule has 1 saturated heterocycles. The predicted octanol–water partition coefficient (Wildman–Crippen LogP) is 4.78. The Bertz CT molecular complexity index is 1190. The number of halogens is 1. The molecule has 1 amide bonds. The highest BCUT2D eigenvalue weighted by Gasteiger charge is 2.51. The zero-order valence-corrected chi connectivity index (χ0v) is 20.6. The van der Waals surface area contributed by atoms with Crippen molar-refractivity contribution in [1.82, 2.24) is 10.3 Å². The number of aromatic nitrogens is 1. The van der Waals surface area contributed by atoms with Gasteiger partial charge in [-0.25, -0.2) is 4.98 Å². The van der Waals surface area contributed by atoms with Crippen molar-refractivity contribution in [1.29, 1.82) is 0 Å². The number of anilines is 1. The molecular weight excluding hydrogens is 486 g/mol. The number of amides is 1. The van der Waals surface area contributed by atoms with Crippen LogP contribution in [0.2, 0.25) is 5.02 Å². The van der Waals surface area contributed by atoms with Crippen molar-refractivity contribution in [3.05, 3.63) is 77.3 Å². The van der Waals surface area contributed by atoms with E-state index in [9.17, 15) is 13.6 Å². The van der Waals surface area contributed by atoms with Crippen LogP contribution in [-0.2, 0) is 21.3 Å². The Balaban J connectivity index is 0.000000632. The predicted molar refractivity (Wildman–Crippen MR) is 142 cm³/mol. The Morgan fingerprint density at radius 2 is 1.89 bits per heavy atom. The molecule has 1 aliphatic heterocycles. The molecule has 1 aliphatic carbocycles. The number of aliphatic hydroxyl groups is 1. The highest BCUT2D eigenvalue weighted by Crippen LogP contribution is 2.49. The van der Waals surface area contributed by atoms with E-state index in [2.05, 4.69) is 15.6 Å². The lowest BCUT2D eigenvalue weighted by molar-refractivity contribution is -0.118. The van der Waals surface area contributed by atoms with Crippen LogP contribution in [0, 0.1) is 0 Å². The molecule has 2 fully saturated rings. The molecule has 2 aromatic carbocycles. The maximum Gasteiger partial charge on any atom is 0.236 e. The first-order chi connectivity index (χ1) is 16.9. The second kappa shape index (κ2) is 11.4. The van der Waals surface area contributed by atoms with Gasteiger partial charge < -0.3 is 20.3 Å². The number of rotatable bonds is 6. The van der Waals surface area contributed by atoms with Gasteiger partial charge in [0.15, 0.2) is 0 Å². The van der Waals surface area contributed by atoms with Gasteiger partial charge in [-0.15, -0.1) is 0 Å². The summed E-state index contributed by atoms with van der Waals surface area (Å²) < 4.78 is 22.0. The van der Waals surface area contributed by atoms with Gasteiger partial charge in [-0.05, 0) is 85.3 Å². The summed E-state index contributed by atoms with van der Waals surface area (Å²) in [4.78, 5) is 17.6. The molecule has 1 aromatic heterocycles. The number of benzene rings is 2. The number of pyridine rings is 1.